The van der Waals surface area contributed by atoms with Gasteiger partial charge in [-0.25, -0.2) is 14.8 Å². The summed E-state index contributed by atoms with van der Waals surface area (Å²) in [5.41, 5.74) is 1.84. The van der Waals surface area contributed by atoms with E-state index in [1.807, 2.05) is 6.92 Å². The Kier molecular flexibility index (Phi) is 2.70. The van der Waals surface area contributed by atoms with Crippen LogP contribution in [-0.4, -0.2) is 23.0 Å². The molecular formula is C9H7BrN2O2S. The van der Waals surface area contributed by atoms with Gasteiger partial charge in [-0.3, -0.25) is 0 Å². The molecule has 0 aliphatic rings. The van der Waals surface area contributed by atoms with Crippen molar-refractivity contribution in [1.29, 1.82) is 0 Å². The molecule has 0 radical (unpaired) electrons. The zero-order valence-electron chi connectivity index (χ0n) is 8.07. The minimum absolute atomic E-state index is 0.360. The lowest BCUT2D eigenvalue weighted by molar-refractivity contribution is 0.0603. The number of halogens is 1. The average molecular weight is 287 g/mol. The molecule has 0 saturated carbocycles. The predicted octanol–water partition coefficient (Wildman–Crippen LogP) is 2.55. The van der Waals surface area contributed by atoms with Crippen molar-refractivity contribution in [3.63, 3.8) is 0 Å². The van der Waals surface area contributed by atoms with E-state index >= 15 is 0 Å². The van der Waals surface area contributed by atoms with Gasteiger partial charge in [0, 0.05) is 5.69 Å². The minimum Gasteiger partial charge on any atom is -0.465 e. The molecule has 0 aliphatic carbocycles. The Balaban J connectivity index is 2.75. The molecular weight excluding hydrogens is 280 g/mol. The molecule has 0 bridgehead atoms. The van der Waals surface area contributed by atoms with Crippen molar-refractivity contribution in [2.24, 2.45) is 0 Å². The molecule has 0 fully saturated rings. The smallest absolute Gasteiger partial charge is 0.339 e. The maximum Gasteiger partial charge on any atom is 0.339 e. The molecule has 0 atom stereocenters. The van der Waals surface area contributed by atoms with Crippen molar-refractivity contribution >= 4 is 43.6 Å². The summed E-state index contributed by atoms with van der Waals surface area (Å²) in [5, 5.41) is 0. The molecule has 78 valence electrons. The van der Waals surface area contributed by atoms with E-state index in [1.165, 1.54) is 18.4 Å². The normalized spacial score (nSPS) is 10.6. The Morgan fingerprint density at radius 3 is 2.93 bits per heavy atom. The minimum atomic E-state index is -0.360. The first-order valence-corrected chi connectivity index (χ1v) is 5.74. The molecule has 2 aromatic rings. The Bertz CT molecular complexity index is 538. The van der Waals surface area contributed by atoms with Crippen LogP contribution >= 0.6 is 27.3 Å². The number of ether oxygens (including phenoxy) is 1. The van der Waals surface area contributed by atoms with Gasteiger partial charge >= 0.3 is 5.97 Å². The number of methoxy groups -OCH3 is 1. The molecule has 0 unspecified atom stereocenters. The van der Waals surface area contributed by atoms with Crippen LogP contribution in [0, 0.1) is 6.92 Å². The third-order valence-electron chi connectivity index (χ3n) is 1.87. The van der Waals surface area contributed by atoms with Gasteiger partial charge in [-0.1, -0.05) is 0 Å². The first kappa shape index (κ1) is 10.5. The Morgan fingerprint density at radius 1 is 1.53 bits per heavy atom. The highest BCUT2D eigenvalue weighted by Gasteiger charge is 2.15. The van der Waals surface area contributed by atoms with Crippen LogP contribution in [0.5, 0.6) is 0 Å². The van der Waals surface area contributed by atoms with Crippen LogP contribution < -0.4 is 0 Å². The van der Waals surface area contributed by atoms with Crippen molar-refractivity contribution in [3.05, 3.63) is 21.2 Å². The maximum atomic E-state index is 11.5. The molecule has 6 heteroatoms. The summed E-state index contributed by atoms with van der Waals surface area (Å²) in [7, 11) is 1.36. The molecule has 2 aromatic heterocycles. The number of hydrogen-bond donors (Lipinski definition) is 0. The van der Waals surface area contributed by atoms with Gasteiger partial charge in [0.1, 0.15) is 0 Å². The van der Waals surface area contributed by atoms with E-state index in [0.29, 0.717) is 15.1 Å². The molecule has 15 heavy (non-hydrogen) atoms. The number of aromatic nitrogens is 2. The van der Waals surface area contributed by atoms with Crippen LogP contribution in [-0.2, 0) is 4.74 Å². The highest BCUT2D eigenvalue weighted by atomic mass is 79.9. The van der Waals surface area contributed by atoms with E-state index in [9.17, 15) is 4.79 Å². The molecule has 2 heterocycles. The lowest BCUT2D eigenvalue weighted by atomic mass is 10.2. The number of carbonyl (C=O) groups is 1. The van der Waals surface area contributed by atoms with Crippen LogP contribution in [0.1, 0.15) is 16.1 Å². The Labute approximate surface area is 98.4 Å². The lowest BCUT2D eigenvalue weighted by Gasteiger charge is -2.00. The fourth-order valence-corrected chi connectivity index (χ4v) is 2.66. The fraction of sp³-hybridized carbons (Fsp3) is 0.222. The van der Waals surface area contributed by atoms with Gasteiger partial charge in [0.05, 0.1) is 17.4 Å². The first-order chi connectivity index (χ1) is 7.11. The van der Waals surface area contributed by atoms with Crippen LogP contribution in [0.25, 0.3) is 10.3 Å². The van der Waals surface area contributed by atoms with Crippen molar-refractivity contribution in [2.75, 3.05) is 7.11 Å². The standard InChI is InChI=1S/C9H7BrN2O2S/c1-4-3-5(8(13)14-2)6-7(11-4)12-9(10)15-6/h3H,1-2H3. The highest BCUT2D eigenvalue weighted by molar-refractivity contribution is 9.11. The largest absolute Gasteiger partial charge is 0.465 e. The molecule has 0 N–H and O–H groups in total. The number of hydrogen-bond acceptors (Lipinski definition) is 5. The number of fused-ring (bicyclic) bond motifs is 1. The van der Waals surface area contributed by atoms with E-state index in [-0.39, 0.29) is 5.97 Å². The fourth-order valence-electron chi connectivity index (χ4n) is 1.27. The van der Waals surface area contributed by atoms with Gasteiger partial charge < -0.3 is 4.74 Å². The third-order valence-corrected chi connectivity index (χ3v) is 3.40. The Morgan fingerprint density at radius 2 is 2.27 bits per heavy atom. The van der Waals surface area contributed by atoms with Crippen LogP contribution in [0.15, 0.2) is 9.98 Å². The van der Waals surface area contributed by atoms with Crippen molar-refractivity contribution in [1.82, 2.24) is 9.97 Å². The van der Waals surface area contributed by atoms with Crippen molar-refractivity contribution in [3.8, 4) is 0 Å². The summed E-state index contributed by atoms with van der Waals surface area (Å²) in [6, 6.07) is 1.71. The number of esters is 1. The van der Waals surface area contributed by atoms with Crippen LogP contribution in [0.2, 0.25) is 0 Å². The van der Waals surface area contributed by atoms with Gasteiger partial charge in [0.2, 0.25) is 0 Å². The van der Waals surface area contributed by atoms with Crippen LogP contribution in [0.3, 0.4) is 0 Å². The van der Waals surface area contributed by atoms with Crippen molar-refractivity contribution in [2.45, 2.75) is 6.92 Å². The summed E-state index contributed by atoms with van der Waals surface area (Å²) < 4.78 is 6.16. The van der Waals surface area contributed by atoms with Crippen LogP contribution in [0.4, 0.5) is 0 Å². The number of rotatable bonds is 1. The number of nitrogens with zero attached hydrogens (tertiary/aromatic N) is 2. The number of thiazole rings is 1. The number of aryl methyl sites for hydroxylation is 1. The SMILES string of the molecule is COC(=O)c1cc(C)nc2nc(Br)sc12. The van der Waals surface area contributed by atoms with E-state index in [2.05, 4.69) is 25.9 Å². The second kappa shape index (κ2) is 3.86. The molecule has 0 aromatic carbocycles. The molecule has 0 aliphatic heterocycles. The van der Waals surface area contributed by atoms with Gasteiger partial charge in [-0.05, 0) is 28.9 Å². The topological polar surface area (TPSA) is 52.1 Å². The molecule has 4 nitrogen and oxygen atoms in total. The second-order valence-corrected chi connectivity index (χ2v) is 5.20. The lowest BCUT2D eigenvalue weighted by Crippen LogP contribution is -2.02. The zero-order chi connectivity index (χ0) is 11.0. The van der Waals surface area contributed by atoms with E-state index in [0.717, 1.165) is 10.4 Å². The highest BCUT2D eigenvalue weighted by Crippen LogP contribution is 2.28. The molecule has 2 rings (SSSR count). The Hall–Kier alpha value is -1.01. The molecule has 0 spiro atoms. The van der Waals surface area contributed by atoms with E-state index < -0.39 is 0 Å². The van der Waals surface area contributed by atoms with E-state index in [4.69, 9.17) is 4.74 Å². The second-order valence-electron chi connectivity index (χ2n) is 2.92. The third kappa shape index (κ3) is 1.87. The van der Waals surface area contributed by atoms with Gasteiger partial charge in [0.25, 0.3) is 0 Å². The molecule has 0 amide bonds. The predicted molar refractivity (Wildman–Crippen MR) is 61.2 cm³/mol. The van der Waals surface area contributed by atoms with Gasteiger partial charge in [-0.2, -0.15) is 0 Å². The van der Waals surface area contributed by atoms with E-state index in [1.54, 1.807) is 6.07 Å². The zero-order valence-corrected chi connectivity index (χ0v) is 10.5. The summed E-state index contributed by atoms with van der Waals surface area (Å²) in [5.74, 6) is -0.360. The van der Waals surface area contributed by atoms with Gasteiger partial charge in [0.15, 0.2) is 9.56 Å². The summed E-state index contributed by atoms with van der Waals surface area (Å²) in [4.78, 5) is 19.9. The summed E-state index contributed by atoms with van der Waals surface area (Å²) in [6.45, 7) is 1.82. The quantitative estimate of drug-likeness (QED) is 0.756. The summed E-state index contributed by atoms with van der Waals surface area (Å²) in [6.07, 6.45) is 0. The average Bonchev–Trinajstić information content (AvgIpc) is 2.55. The van der Waals surface area contributed by atoms with Gasteiger partial charge in [-0.15, -0.1) is 11.3 Å². The van der Waals surface area contributed by atoms with Crippen molar-refractivity contribution < 1.29 is 9.53 Å². The number of pyridine rings is 1. The monoisotopic (exact) mass is 286 g/mol. The maximum absolute atomic E-state index is 11.5. The molecule has 0 saturated heterocycles. The number of carbonyl (C=O) groups excluding carboxylic acids is 1. The summed E-state index contributed by atoms with van der Waals surface area (Å²) >= 11 is 4.64. The first-order valence-electron chi connectivity index (χ1n) is 4.14.